The van der Waals surface area contributed by atoms with Crippen LogP contribution in [0.4, 0.5) is 23.2 Å². The predicted molar refractivity (Wildman–Crippen MR) is 132 cm³/mol. The van der Waals surface area contributed by atoms with Gasteiger partial charge in [-0.3, -0.25) is 9.59 Å². The van der Waals surface area contributed by atoms with Gasteiger partial charge in [0, 0.05) is 10.4 Å². The third-order valence-corrected chi connectivity index (χ3v) is 6.95. The molecule has 0 heterocycles. The van der Waals surface area contributed by atoms with Gasteiger partial charge in [0.2, 0.25) is 5.91 Å². The average molecular weight is 580 g/mol. The van der Waals surface area contributed by atoms with Crippen LogP contribution in [0.5, 0.6) is 5.75 Å². The fourth-order valence-electron chi connectivity index (χ4n) is 4.71. The number of halogens is 5. The van der Waals surface area contributed by atoms with Crippen molar-refractivity contribution in [3.63, 3.8) is 0 Å². The molecule has 1 amide bonds. The molecule has 10 heteroatoms. The molecule has 0 bridgehead atoms. The van der Waals surface area contributed by atoms with Crippen molar-refractivity contribution < 1.29 is 37.0 Å². The van der Waals surface area contributed by atoms with Crippen LogP contribution in [0, 0.1) is 17.7 Å². The lowest BCUT2D eigenvalue weighted by molar-refractivity contribution is -0.150. The quantitative estimate of drug-likeness (QED) is 0.312. The summed E-state index contributed by atoms with van der Waals surface area (Å²) in [7, 11) is 0. The number of anilines is 1. The van der Waals surface area contributed by atoms with E-state index in [9.17, 15) is 32.3 Å². The van der Waals surface area contributed by atoms with Crippen molar-refractivity contribution in [2.24, 2.45) is 11.8 Å². The highest BCUT2D eigenvalue weighted by Gasteiger charge is 2.47. The van der Waals surface area contributed by atoms with Gasteiger partial charge in [-0.05, 0) is 60.9 Å². The predicted octanol–water partition coefficient (Wildman–Crippen LogP) is 6.89. The molecule has 0 saturated heterocycles. The van der Waals surface area contributed by atoms with Gasteiger partial charge >= 0.3 is 12.1 Å². The van der Waals surface area contributed by atoms with E-state index < -0.39 is 59.0 Å². The van der Waals surface area contributed by atoms with Crippen LogP contribution < -0.4 is 10.1 Å². The van der Waals surface area contributed by atoms with E-state index in [2.05, 4.69) is 21.2 Å². The summed E-state index contributed by atoms with van der Waals surface area (Å²) in [4.78, 5) is 25.7. The lowest BCUT2D eigenvalue weighted by Gasteiger charge is -2.39. The highest BCUT2D eigenvalue weighted by Crippen LogP contribution is 2.44. The fourth-order valence-corrected chi connectivity index (χ4v) is 4.97. The highest BCUT2D eigenvalue weighted by atomic mass is 79.9. The molecular formula is C27H22BrF4NO4. The number of ether oxygens (including phenoxy) is 1. The van der Waals surface area contributed by atoms with Gasteiger partial charge in [-0.2, -0.15) is 13.2 Å². The number of hydrogen-bond acceptors (Lipinski definition) is 3. The normalized spacial score (nSPS) is 21.8. The van der Waals surface area contributed by atoms with Gasteiger partial charge in [0.15, 0.2) is 0 Å². The number of benzene rings is 3. The number of rotatable bonds is 6. The van der Waals surface area contributed by atoms with E-state index in [0.29, 0.717) is 23.8 Å². The molecule has 1 aliphatic rings. The maximum absolute atomic E-state index is 14.4. The van der Waals surface area contributed by atoms with Crippen molar-refractivity contribution >= 4 is 33.5 Å². The van der Waals surface area contributed by atoms with Crippen molar-refractivity contribution in [3.8, 4) is 5.75 Å². The molecule has 0 aliphatic heterocycles. The fraction of sp³-hybridized carbons (Fsp3) is 0.259. The van der Waals surface area contributed by atoms with Gasteiger partial charge in [-0.25, -0.2) is 4.39 Å². The number of aliphatic carboxylic acids is 1. The zero-order chi connectivity index (χ0) is 26.7. The van der Waals surface area contributed by atoms with E-state index in [1.807, 2.05) is 6.07 Å². The Morgan fingerprint density at radius 2 is 1.65 bits per heavy atom. The van der Waals surface area contributed by atoms with Gasteiger partial charge in [0.05, 0.1) is 23.1 Å². The first-order valence-electron chi connectivity index (χ1n) is 11.4. The lowest BCUT2D eigenvalue weighted by atomic mass is 9.67. The third kappa shape index (κ3) is 6.30. The SMILES string of the molecule is O=C(Nc1ccc(C(F)(F)F)cc1F)C1CC(Oc2ccccc2)CC(c2ccc(Br)cc2)C1C(=O)O. The summed E-state index contributed by atoms with van der Waals surface area (Å²) < 4.78 is 60.1. The van der Waals surface area contributed by atoms with Crippen LogP contribution in [0.25, 0.3) is 0 Å². The summed E-state index contributed by atoms with van der Waals surface area (Å²) in [6, 6.07) is 17.7. The first kappa shape index (κ1) is 26.7. The molecule has 3 aromatic carbocycles. The van der Waals surface area contributed by atoms with Crippen molar-refractivity contribution in [1.82, 2.24) is 0 Å². The monoisotopic (exact) mass is 579 g/mol. The molecule has 3 aromatic rings. The van der Waals surface area contributed by atoms with Crippen LogP contribution in [-0.4, -0.2) is 23.1 Å². The molecule has 5 nitrogen and oxygen atoms in total. The largest absolute Gasteiger partial charge is 0.490 e. The number of carbonyl (C=O) groups excluding carboxylic acids is 1. The Hall–Kier alpha value is -3.40. The molecule has 37 heavy (non-hydrogen) atoms. The third-order valence-electron chi connectivity index (χ3n) is 6.42. The van der Waals surface area contributed by atoms with Gasteiger partial charge in [-0.1, -0.05) is 46.3 Å². The van der Waals surface area contributed by atoms with E-state index in [-0.39, 0.29) is 12.5 Å². The Balaban J connectivity index is 1.66. The minimum atomic E-state index is -4.75. The zero-order valence-corrected chi connectivity index (χ0v) is 20.8. The van der Waals surface area contributed by atoms with Crippen LogP contribution >= 0.6 is 15.9 Å². The number of hydrogen-bond donors (Lipinski definition) is 2. The van der Waals surface area contributed by atoms with Gasteiger partial charge in [0.25, 0.3) is 0 Å². The van der Waals surface area contributed by atoms with E-state index in [1.54, 1.807) is 48.5 Å². The maximum atomic E-state index is 14.4. The summed E-state index contributed by atoms with van der Waals surface area (Å²) in [6.07, 6.45) is -4.96. The number of carboxylic acid groups (broad SMARTS) is 1. The summed E-state index contributed by atoms with van der Waals surface area (Å²) in [5.74, 6) is -5.67. The topological polar surface area (TPSA) is 75.6 Å². The lowest BCUT2D eigenvalue weighted by Crippen LogP contribution is -2.45. The Labute approximate surface area is 218 Å². The Morgan fingerprint density at radius 3 is 2.24 bits per heavy atom. The number of para-hydroxylation sites is 1. The number of nitrogens with one attached hydrogen (secondary N) is 1. The van der Waals surface area contributed by atoms with Gasteiger partial charge in [0.1, 0.15) is 17.7 Å². The minimum absolute atomic E-state index is 0.0208. The Bertz CT molecular complexity index is 1270. The van der Waals surface area contributed by atoms with Crippen LogP contribution in [0.15, 0.2) is 77.3 Å². The van der Waals surface area contributed by atoms with Crippen LogP contribution in [0.1, 0.15) is 29.9 Å². The second kappa shape index (κ2) is 10.9. The second-order valence-electron chi connectivity index (χ2n) is 8.83. The average Bonchev–Trinajstić information content (AvgIpc) is 2.85. The standard InChI is InChI=1S/C27H22BrF4NO4/c28-17-9-6-15(7-10-17)20-13-19(37-18-4-2-1-3-5-18)14-21(24(20)26(35)36)25(34)33-23-11-8-16(12-22(23)29)27(30,31)32/h1-12,19-21,24H,13-14H2,(H,33,34)(H,35,36). The summed E-state index contributed by atoms with van der Waals surface area (Å²) >= 11 is 3.35. The smallest absolute Gasteiger partial charge is 0.416 e. The molecule has 4 rings (SSSR count). The highest BCUT2D eigenvalue weighted by molar-refractivity contribution is 9.10. The number of alkyl halides is 3. The number of carbonyl (C=O) groups is 2. The molecule has 1 fully saturated rings. The second-order valence-corrected chi connectivity index (χ2v) is 9.75. The molecule has 1 aliphatic carbocycles. The molecule has 0 spiro atoms. The van der Waals surface area contributed by atoms with E-state index in [4.69, 9.17) is 4.74 Å². The molecule has 2 N–H and O–H groups in total. The zero-order valence-electron chi connectivity index (χ0n) is 19.2. The van der Waals surface area contributed by atoms with Crippen molar-refractivity contribution in [2.75, 3.05) is 5.32 Å². The summed E-state index contributed by atoms with van der Waals surface area (Å²) in [6.45, 7) is 0. The molecular weight excluding hydrogens is 558 g/mol. The van der Waals surface area contributed by atoms with Crippen molar-refractivity contribution in [2.45, 2.75) is 31.0 Å². The Kier molecular flexibility index (Phi) is 7.87. The van der Waals surface area contributed by atoms with Crippen molar-refractivity contribution in [1.29, 1.82) is 0 Å². The van der Waals surface area contributed by atoms with Crippen LogP contribution in [0.2, 0.25) is 0 Å². The van der Waals surface area contributed by atoms with Crippen LogP contribution in [-0.2, 0) is 15.8 Å². The first-order chi connectivity index (χ1) is 17.5. The molecule has 194 valence electrons. The Morgan fingerprint density at radius 1 is 0.973 bits per heavy atom. The minimum Gasteiger partial charge on any atom is -0.490 e. The molecule has 1 saturated carbocycles. The maximum Gasteiger partial charge on any atom is 0.416 e. The first-order valence-corrected chi connectivity index (χ1v) is 12.2. The van der Waals surface area contributed by atoms with Gasteiger partial charge in [-0.15, -0.1) is 0 Å². The molecule has 0 aromatic heterocycles. The van der Waals surface area contributed by atoms with Crippen LogP contribution in [0.3, 0.4) is 0 Å². The number of amides is 1. The van der Waals surface area contributed by atoms with Crippen molar-refractivity contribution in [3.05, 3.63) is 94.2 Å². The summed E-state index contributed by atoms with van der Waals surface area (Å²) in [5, 5.41) is 12.4. The molecule has 0 radical (unpaired) electrons. The van der Waals surface area contributed by atoms with E-state index >= 15 is 0 Å². The van der Waals surface area contributed by atoms with Gasteiger partial charge < -0.3 is 15.2 Å². The molecule has 4 unspecified atom stereocenters. The van der Waals surface area contributed by atoms with E-state index in [1.165, 1.54) is 0 Å². The summed E-state index contributed by atoms with van der Waals surface area (Å²) in [5.41, 5.74) is -0.973. The number of carboxylic acids is 1. The molecule has 4 atom stereocenters. The van der Waals surface area contributed by atoms with E-state index in [0.717, 1.165) is 10.5 Å².